The van der Waals surface area contributed by atoms with Crippen molar-refractivity contribution in [3.63, 3.8) is 0 Å². The second-order valence-electron chi connectivity index (χ2n) is 10.7. The Labute approximate surface area is 267 Å². The minimum Gasteiger partial charge on any atom is -0.478 e. The van der Waals surface area contributed by atoms with Crippen molar-refractivity contribution in [2.75, 3.05) is 14.2 Å². The van der Waals surface area contributed by atoms with Gasteiger partial charge < -0.3 is 28.8 Å². The van der Waals surface area contributed by atoms with Crippen molar-refractivity contribution in [2.24, 2.45) is 0 Å². The lowest BCUT2D eigenvalue weighted by Crippen LogP contribution is -2.12. The van der Waals surface area contributed by atoms with Gasteiger partial charge in [0, 0.05) is 61.3 Å². The Bertz CT molecular complexity index is 1540. The molecule has 16 heteroatoms. The molecule has 16 nitrogen and oxygen atoms in total. The van der Waals surface area contributed by atoms with Crippen LogP contribution >= 0.6 is 0 Å². The molecule has 4 heterocycles. The summed E-state index contributed by atoms with van der Waals surface area (Å²) in [5.74, 6) is -2.20. The van der Waals surface area contributed by atoms with Gasteiger partial charge in [0.25, 0.3) is 0 Å². The van der Waals surface area contributed by atoms with Crippen LogP contribution in [0.3, 0.4) is 0 Å². The molecule has 4 aromatic rings. The number of nitrogens with zero attached hydrogens (tertiary/aromatic N) is 8. The molecule has 0 aliphatic carbocycles. The second kappa shape index (κ2) is 18.5. The fourth-order valence-corrected chi connectivity index (χ4v) is 3.45. The smallest absolute Gasteiger partial charge is 0.374 e. The van der Waals surface area contributed by atoms with E-state index in [1.165, 1.54) is 39.0 Å². The third-order valence-electron chi connectivity index (χ3n) is 5.94. The van der Waals surface area contributed by atoms with E-state index in [1.807, 2.05) is 55.4 Å². The molecule has 0 atom stereocenters. The van der Waals surface area contributed by atoms with E-state index >= 15 is 0 Å². The Balaban J connectivity index is 0.000000307. The Hall–Kier alpha value is -5.28. The van der Waals surface area contributed by atoms with Gasteiger partial charge in [-0.15, -0.1) is 0 Å². The van der Waals surface area contributed by atoms with Gasteiger partial charge in [-0.1, -0.05) is 0 Å². The molecule has 252 valence electrons. The monoisotopic (exact) mass is 644 g/mol. The van der Waals surface area contributed by atoms with Gasteiger partial charge in [-0.05, 0) is 55.4 Å². The number of methoxy groups -OCH3 is 2. The predicted molar refractivity (Wildman–Crippen MR) is 167 cm³/mol. The van der Waals surface area contributed by atoms with E-state index in [0.29, 0.717) is 11.4 Å². The van der Waals surface area contributed by atoms with Crippen molar-refractivity contribution < 1.29 is 38.9 Å². The van der Waals surface area contributed by atoms with Crippen molar-refractivity contribution in [3.05, 3.63) is 72.4 Å². The topological polar surface area (TPSA) is 198 Å². The number of imidazole rings is 2. The highest BCUT2D eigenvalue weighted by Gasteiger charge is 2.14. The molecule has 2 N–H and O–H groups in total. The van der Waals surface area contributed by atoms with Crippen molar-refractivity contribution in [2.45, 2.75) is 79.6 Å². The van der Waals surface area contributed by atoms with E-state index in [1.54, 1.807) is 43.3 Å². The molecule has 0 aliphatic heterocycles. The second-order valence-corrected chi connectivity index (χ2v) is 10.7. The first-order valence-electron chi connectivity index (χ1n) is 14.3. The summed E-state index contributed by atoms with van der Waals surface area (Å²) < 4.78 is 15.8. The van der Waals surface area contributed by atoms with Crippen LogP contribution in [0.5, 0.6) is 0 Å². The predicted octanol–water partition coefficient (Wildman–Crippen LogP) is 4.83. The summed E-state index contributed by atoms with van der Waals surface area (Å²) in [6, 6.07) is 0.844. The number of rotatable bonds is 8. The van der Waals surface area contributed by atoms with Crippen LogP contribution in [0.2, 0.25) is 0 Å². The van der Waals surface area contributed by atoms with Gasteiger partial charge in [0.2, 0.25) is 11.6 Å². The standard InChI is InChI=1S/2C8H12N2O2.2C7H10N2O2/c1-6(2)10-5-7(4-9-10)8(11)12-3;1-6(2)10-5-4-9-7(10)8(11)12-3;1-5(2)9-4-6(3-8-9)7(10)11;1-5(2)9-4-3-8-6(9)7(10)11/h2*4-6H,1-3H3;2*3-5H,1-2H3,(H,10,11). The van der Waals surface area contributed by atoms with E-state index in [9.17, 15) is 19.2 Å². The summed E-state index contributed by atoms with van der Waals surface area (Å²) in [6.07, 6.45) is 12.6. The van der Waals surface area contributed by atoms with E-state index in [0.717, 1.165) is 0 Å². The van der Waals surface area contributed by atoms with Gasteiger partial charge in [-0.3, -0.25) is 9.36 Å². The van der Waals surface area contributed by atoms with Gasteiger partial charge in [0.15, 0.2) is 0 Å². The van der Waals surface area contributed by atoms with E-state index < -0.39 is 17.9 Å². The van der Waals surface area contributed by atoms with E-state index in [-0.39, 0.29) is 41.5 Å². The Kier molecular flexibility index (Phi) is 15.6. The van der Waals surface area contributed by atoms with Crippen LogP contribution in [0, 0.1) is 0 Å². The van der Waals surface area contributed by atoms with Crippen molar-refractivity contribution in [3.8, 4) is 0 Å². The van der Waals surface area contributed by atoms with Crippen LogP contribution in [0.15, 0.2) is 49.6 Å². The number of hydrogen-bond acceptors (Lipinski definition) is 10. The summed E-state index contributed by atoms with van der Waals surface area (Å²) in [5.41, 5.74) is 0.727. The number of carbonyl (C=O) groups is 4. The van der Waals surface area contributed by atoms with Gasteiger partial charge in [-0.2, -0.15) is 10.2 Å². The SMILES string of the molecule is CC(C)n1cc(C(=O)O)cn1.CC(C)n1ccnc1C(=O)O.COC(=O)c1cnn(C(C)C)c1.COC(=O)c1nccn1C(C)C. The van der Waals surface area contributed by atoms with Crippen LogP contribution in [0.1, 0.15) is 122 Å². The highest BCUT2D eigenvalue weighted by Crippen LogP contribution is 2.09. The lowest BCUT2D eigenvalue weighted by Gasteiger charge is -2.08. The van der Waals surface area contributed by atoms with Crippen LogP contribution in [0.4, 0.5) is 0 Å². The molecule has 0 saturated carbocycles. The number of esters is 2. The molecule has 0 saturated heterocycles. The first-order chi connectivity index (χ1) is 21.5. The number of aromatic carboxylic acids is 2. The molecule has 4 aromatic heterocycles. The highest BCUT2D eigenvalue weighted by atomic mass is 16.5. The third-order valence-corrected chi connectivity index (χ3v) is 5.94. The summed E-state index contributed by atoms with van der Waals surface area (Å²) in [6.45, 7) is 15.7. The van der Waals surface area contributed by atoms with Gasteiger partial charge in [0.1, 0.15) is 0 Å². The minimum atomic E-state index is -0.983. The molecule has 0 amide bonds. The summed E-state index contributed by atoms with van der Waals surface area (Å²) in [4.78, 5) is 50.6. The molecule has 4 rings (SSSR count). The molecular formula is C30H44N8O8. The molecule has 0 bridgehead atoms. The zero-order valence-electron chi connectivity index (χ0n) is 27.8. The fraction of sp³-hybridized carbons (Fsp3) is 0.467. The van der Waals surface area contributed by atoms with Crippen LogP contribution in [-0.4, -0.2) is 87.0 Å². The minimum absolute atomic E-state index is 0.0972. The third kappa shape index (κ3) is 11.7. The average molecular weight is 645 g/mol. The Morgan fingerprint density at radius 2 is 1.02 bits per heavy atom. The maximum Gasteiger partial charge on any atom is 0.374 e. The van der Waals surface area contributed by atoms with Crippen LogP contribution in [-0.2, 0) is 9.47 Å². The number of ether oxygens (including phenoxy) is 2. The summed E-state index contributed by atoms with van der Waals surface area (Å²) >= 11 is 0. The molecular weight excluding hydrogens is 600 g/mol. The molecule has 46 heavy (non-hydrogen) atoms. The lowest BCUT2D eigenvalue weighted by atomic mass is 10.3. The van der Waals surface area contributed by atoms with Crippen molar-refractivity contribution in [1.29, 1.82) is 0 Å². The van der Waals surface area contributed by atoms with Gasteiger partial charge in [0.05, 0.1) is 37.7 Å². The maximum absolute atomic E-state index is 11.1. The summed E-state index contributed by atoms with van der Waals surface area (Å²) in [5, 5.41) is 25.0. The van der Waals surface area contributed by atoms with E-state index in [4.69, 9.17) is 10.2 Å². The Morgan fingerprint density at radius 3 is 1.35 bits per heavy atom. The van der Waals surface area contributed by atoms with Gasteiger partial charge in [-0.25, -0.2) is 29.1 Å². The molecule has 0 unspecified atom stereocenters. The zero-order valence-corrected chi connectivity index (χ0v) is 27.8. The first-order valence-corrected chi connectivity index (χ1v) is 14.3. The number of aromatic nitrogens is 8. The first kappa shape index (κ1) is 38.7. The van der Waals surface area contributed by atoms with Crippen molar-refractivity contribution in [1.82, 2.24) is 38.7 Å². The number of hydrogen-bond donors (Lipinski definition) is 2. The fourth-order valence-electron chi connectivity index (χ4n) is 3.45. The number of carboxylic acid groups (broad SMARTS) is 2. The van der Waals surface area contributed by atoms with Crippen molar-refractivity contribution >= 4 is 23.9 Å². The highest BCUT2D eigenvalue weighted by molar-refractivity contribution is 5.88. The van der Waals surface area contributed by atoms with Crippen LogP contribution in [0.25, 0.3) is 0 Å². The molecule has 0 aliphatic rings. The number of carbonyl (C=O) groups excluding carboxylic acids is 2. The Morgan fingerprint density at radius 1 is 0.609 bits per heavy atom. The molecule has 0 fully saturated rings. The van der Waals surface area contributed by atoms with Gasteiger partial charge >= 0.3 is 23.9 Å². The van der Waals surface area contributed by atoms with Crippen LogP contribution < -0.4 is 0 Å². The zero-order chi connectivity index (χ0) is 35.1. The molecule has 0 radical (unpaired) electrons. The number of carboxylic acids is 2. The largest absolute Gasteiger partial charge is 0.478 e. The summed E-state index contributed by atoms with van der Waals surface area (Å²) in [7, 11) is 2.71. The quantitative estimate of drug-likeness (QED) is 0.248. The molecule has 0 spiro atoms. The normalized spacial score (nSPS) is 10.4. The maximum atomic E-state index is 11.1. The molecule has 0 aromatic carbocycles. The van der Waals surface area contributed by atoms with E-state index in [2.05, 4.69) is 29.6 Å². The average Bonchev–Trinajstić information content (AvgIpc) is 3.82. The lowest BCUT2D eigenvalue weighted by molar-refractivity contribution is 0.0575.